The topological polar surface area (TPSA) is 68.0 Å². The third-order valence-corrected chi connectivity index (χ3v) is 3.49. The van der Waals surface area contributed by atoms with Crippen molar-refractivity contribution in [2.75, 3.05) is 5.32 Å². The minimum Gasteiger partial charge on any atom is -0.302 e. The predicted octanol–water partition coefficient (Wildman–Crippen LogP) is 3.89. The van der Waals surface area contributed by atoms with Gasteiger partial charge in [0.2, 0.25) is 5.82 Å². The Morgan fingerprint density at radius 3 is 2.55 bits per heavy atom. The maximum Gasteiger partial charge on any atom is 0.259 e. The summed E-state index contributed by atoms with van der Waals surface area (Å²) in [6.45, 7) is 0. The molecule has 0 fully saturated rings. The second-order valence-electron chi connectivity index (χ2n) is 4.40. The number of rotatable bonds is 3. The summed E-state index contributed by atoms with van der Waals surface area (Å²) in [5, 5.41) is 9.94. The van der Waals surface area contributed by atoms with Gasteiger partial charge in [0.1, 0.15) is 5.82 Å². The average molecular weight is 362 g/mol. The van der Waals surface area contributed by atoms with E-state index in [2.05, 4.69) is 36.2 Å². The number of amides is 1. The quantitative estimate of drug-likeness (QED) is 0.768. The third-order valence-electron chi connectivity index (χ3n) is 2.96. The first kappa shape index (κ1) is 14.4. The molecule has 22 heavy (non-hydrogen) atoms. The van der Waals surface area contributed by atoms with Crippen LogP contribution in [0.4, 0.5) is 10.2 Å². The highest BCUT2D eigenvalue weighted by molar-refractivity contribution is 9.10. The minimum atomic E-state index is -0.618. The van der Waals surface area contributed by atoms with Gasteiger partial charge in [0, 0.05) is 10.0 Å². The van der Waals surface area contributed by atoms with Crippen molar-refractivity contribution < 1.29 is 13.8 Å². The first-order valence-corrected chi connectivity index (χ1v) is 7.09. The highest BCUT2D eigenvalue weighted by Gasteiger charge is 2.17. The second-order valence-corrected chi connectivity index (χ2v) is 5.32. The zero-order valence-electron chi connectivity index (χ0n) is 11.1. The molecule has 0 spiro atoms. The van der Waals surface area contributed by atoms with Crippen LogP contribution in [0.2, 0.25) is 0 Å². The molecule has 0 saturated heterocycles. The summed E-state index contributed by atoms with van der Waals surface area (Å²) in [5.41, 5.74) is 1.01. The maximum atomic E-state index is 13.6. The number of nitrogens with zero attached hydrogens (tertiary/aromatic N) is 2. The van der Waals surface area contributed by atoms with Crippen LogP contribution < -0.4 is 5.32 Å². The second kappa shape index (κ2) is 6.07. The Labute approximate surface area is 133 Å². The number of anilines is 1. The van der Waals surface area contributed by atoms with Gasteiger partial charge in [-0.15, -0.1) is 0 Å². The fourth-order valence-corrected chi connectivity index (χ4v) is 2.15. The molecule has 3 rings (SSSR count). The number of carbonyl (C=O) groups excluding carboxylic acids is 1. The van der Waals surface area contributed by atoms with Crippen LogP contribution in [0.3, 0.4) is 0 Å². The van der Waals surface area contributed by atoms with Gasteiger partial charge in [0.05, 0.1) is 5.56 Å². The van der Waals surface area contributed by atoms with Crippen molar-refractivity contribution in [3.05, 3.63) is 64.4 Å². The molecule has 0 aliphatic carbocycles. The Balaban J connectivity index is 1.88. The van der Waals surface area contributed by atoms with Gasteiger partial charge >= 0.3 is 0 Å². The van der Waals surface area contributed by atoms with Gasteiger partial charge in [0.15, 0.2) is 5.69 Å². The van der Waals surface area contributed by atoms with Crippen molar-refractivity contribution in [2.24, 2.45) is 0 Å². The number of hydrogen-bond acceptors (Lipinski definition) is 4. The number of benzene rings is 2. The van der Waals surface area contributed by atoms with E-state index in [1.54, 1.807) is 18.2 Å². The highest BCUT2D eigenvalue weighted by atomic mass is 79.9. The van der Waals surface area contributed by atoms with Crippen LogP contribution in [0.15, 0.2) is 57.6 Å². The predicted molar refractivity (Wildman–Crippen MR) is 81.8 cm³/mol. The molecule has 1 heterocycles. The van der Waals surface area contributed by atoms with Gasteiger partial charge in [-0.25, -0.2) is 9.02 Å². The Morgan fingerprint density at radius 1 is 1.09 bits per heavy atom. The molecule has 0 saturated carbocycles. The first-order chi connectivity index (χ1) is 10.6. The Hall–Kier alpha value is -2.54. The van der Waals surface area contributed by atoms with Crippen molar-refractivity contribution >= 4 is 27.7 Å². The Morgan fingerprint density at radius 2 is 1.82 bits per heavy atom. The first-order valence-electron chi connectivity index (χ1n) is 6.29. The summed E-state index contributed by atoms with van der Waals surface area (Å²) < 4.78 is 19.2. The van der Waals surface area contributed by atoms with Crippen LogP contribution in [0.25, 0.3) is 11.3 Å². The largest absolute Gasteiger partial charge is 0.302 e. The summed E-state index contributed by atoms with van der Waals surface area (Å²) in [6.07, 6.45) is 0. The van der Waals surface area contributed by atoms with Crippen LogP contribution in [0, 0.1) is 5.82 Å². The SMILES string of the molecule is O=C(Nc1nonc1-c1ccc(Br)cc1)c1ccccc1F. The van der Waals surface area contributed by atoms with E-state index in [0.717, 1.165) is 4.47 Å². The zero-order valence-corrected chi connectivity index (χ0v) is 12.7. The molecule has 2 aromatic carbocycles. The van der Waals surface area contributed by atoms with Crippen LogP contribution in [0.5, 0.6) is 0 Å². The van der Waals surface area contributed by atoms with Gasteiger partial charge in [-0.2, -0.15) is 0 Å². The van der Waals surface area contributed by atoms with Gasteiger partial charge in [-0.1, -0.05) is 40.2 Å². The van der Waals surface area contributed by atoms with Crippen LogP contribution >= 0.6 is 15.9 Å². The van der Waals surface area contributed by atoms with Crippen LogP contribution in [-0.2, 0) is 0 Å². The smallest absolute Gasteiger partial charge is 0.259 e. The summed E-state index contributed by atoms with van der Waals surface area (Å²) in [7, 11) is 0. The van der Waals surface area contributed by atoms with E-state index in [1.165, 1.54) is 18.2 Å². The minimum absolute atomic E-state index is 0.0766. The van der Waals surface area contributed by atoms with E-state index < -0.39 is 11.7 Å². The van der Waals surface area contributed by atoms with Gasteiger partial charge in [-0.05, 0) is 34.6 Å². The standard InChI is InChI=1S/C15H9BrFN3O2/c16-10-7-5-9(6-8-10)13-14(20-22-19-13)18-15(21)11-3-1-2-4-12(11)17/h1-8H,(H,18,20,21). The molecule has 1 N–H and O–H groups in total. The summed E-state index contributed by atoms with van der Waals surface area (Å²) in [4.78, 5) is 12.1. The van der Waals surface area contributed by atoms with Crippen LogP contribution in [0.1, 0.15) is 10.4 Å². The molecule has 0 atom stereocenters. The van der Waals surface area contributed by atoms with E-state index in [1.807, 2.05) is 12.1 Å². The van der Waals surface area contributed by atoms with Crippen molar-refractivity contribution in [1.29, 1.82) is 0 Å². The molecular weight excluding hydrogens is 353 g/mol. The normalized spacial score (nSPS) is 10.5. The monoisotopic (exact) mass is 361 g/mol. The molecule has 0 radical (unpaired) electrons. The average Bonchev–Trinajstić information content (AvgIpc) is 2.96. The van der Waals surface area contributed by atoms with Crippen molar-refractivity contribution in [3.63, 3.8) is 0 Å². The molecule has 0 aliphatic heterocycles. The number of nitrogens with one attached hydrogen (secondary N) is 1. The molecule has 3 aromatic rings. The maximum absolute atomic E-state index is 13.6. The lowest BCUT2D eigenvalue weighted by atomic mass is 10.1. The number of aromatic nitrogens is 2. The third kappa shape index (κ3) is 2.89. The summed E-state index contributed by atoms with van der Waals surface area (Å²) >= 11 is 3.34. The molecule has 7 heteroatoms. The molecule has 5 nitrogen and oxygen atoms in total. The molecule has 1 aromatic heterocycles. The molecule has 0 bridgehead atoms. The lowest BCUT2D eigenvalue weighted by Crippen LogP contribution is -2.14. The van der Waals surface area contributed by atoms with E-state index in [-0.39, 0.29) is 11.4 Å². The lowest BCUT2D eigenvalue weighted by molar-refractivity contribution is 0.102. The molecular formula is C15H9BrFN3O2. The fraction of sp³-hybridized carbons (Fsp3) is 0. The summed E-state index contributed by atoms with van der Waals surface area (Å²) in [5.74, 6) is -1.09. The summed E-state index contributed by atoms with van der Waals surface area (Å²) in [6, 6.07) is 12.9. The van der Waals surface area contributed by atoms with E-state index >= 15 is 0 Å². The number of halogens is 2. The van der Waals surface area contributed by atoms with Gasteiger partial charge in [-0.3, -0.25) is 4.79 Å². The Bertz CT molecular complexity index is 818. The molecule has 0 unspecified atom stereocenters. The van der Waals surface area contributed by atoms with Crippen molar-refractivity contribution in [3.8, 4) is 11.3 Å². The number of hydrogen-bond donors (Lipinski definition) is 1. The Kier molecular flexibility index (Phi) is 3.97. The van der Waals surface area contributed by atoms with Crippen LogP contribution in [-0.4, -0.2) is 16.2 Å². The number of carbonyl (C=O) groups is 1. The highest BCUT2D eigenvalue weighted by Crippen LogP contribution is 2.26. The molecule has 1 amide bonds. The van der Waals surface area contributed by atoms with Crippen molar-refractivity contribution in [2.45, 2.75) is 0 Å². The van der Waals surface area contributed by atoms with E-state index in [4.69, 9.17) is 0 Å². The molecule has 0 aliphatic rings. The van der Waals surface area contributed by atoms with Crippen molar-refractivity contribution in [1.82, 2.24) is 10.3 Å². The van der Waals surface area contributed by atoms with E-state index in [9.17, 15) is 9.18 Å². The fourth-order valence-electron chi connectivity index (χ4n) is 1.89. The van der Waals surface area contributed by atoms with Gasteiger partial charge in [0.25, 0.3) is 5.91 Å². The lowest BCUT2D eigenvalue weighted by Gasteiger charge is -2.04. The van der Waals surface area contributed by atoms with Gasteiger partial charge < -0.3 is 5.32 Å². The molecule has 110 valence electrons. The van der Waals surface area contributed by atoms with E-state index in [0.29, 0.717) is 11.3 Å². The zero-order chi connectivity index (χ0) is 15.5.